The fourth-order valence-corrected chi connectivity index (χ4v) is 3.13. The van der Waals surface area contributed by atoms with Gasteiger partial charge < -0.3 is 9.64 Å². The SMILES string of the molecule is CCN1C(=O)/C(=C\c2sccc2C)C(C(=O)OC)=C1C. The van der Waals surface area contributed by atoms with E-state index in [0.29, 0.717) is 23.4 Å². The number of methoxy groups -OCH3 is 1. The van der Waals surface area contributed by atoms with Crippen LogP contribution in [0, 0.1) is 6.92 Å². The molecule has 5 heteroatoms. The predicted octanol–water partition coefficient (Wildman–Crippen LogP) is 2.75. The molecule has 4 nitrogen and oxygen atoms in total. The summed E-state index contributed by atoms with van der Waals surface area (Å²) in [7, 11) is 1.33. The molecule has 2 rings (SSSR count). The van der Waals surface area contributed by atoms with Gasteiger partial charge in [0.25, 0.3) is 5.91 Å². The normalized spacial score (nSPS) is 17.3. The molecular weight excluding hydrogens is 274 g/mol. The van der Waals surface area contributed by atoms with Crippen molar-refractivity contribution in [3.63, 3.8) is 0 Å². The van der Waals surface area contributed by atoms with Crippen LogP contribution in [0.3, 0.4) is 0 Å². The Kier molecular flexibility index (Phi) is 4.09. The summed E-state index contributed by atoms with van der Waals surface area (Å²) in [5.41, 5.74) is 2.53. The van der Waals surface area contributed by atoms with Crippen LogP contribution >= 0.6 is 11.3 Å². The first-order valence-electron chi connectivity index (χ1n) is 6.38. The van der Waals surface area contributed by atoms with E-state index < -0.39 is 5.97 Å². The van der Waals surface area contributed by atoms with Gasteiger partial charge >= 0.3 is 5.97 Å². The molecular formula is C15H17NO3S. The lowest BCUT2D eigenvalue weighted by atomic mass is 10.1. The van der Waals surface area contributed by atoms with Crippen LogP contribution in [-0.2, 0) is 14.3 Å². The monoisotopic (exact) mass is 291 g/mol. The summed E-state index contributed by atoms with van der Waals surface area (Å²) in [5, 5.41) is 1.97. The summed E-state index contributed by atoms with van der Waals surface area (Å²) < 4.78 is 4.81. The minimum absolute atomic E-state index is 0.141. The second-order valence-corrected chi connectivity index (χ2v) is 5.47. The fraction of sp³-hybridized carbons (Fsp3) is 0.333. The third-order valence-electron chi connectivity index (χ3n) is 3.39. The van der Waals surface area contributed by atoms with E-state index >= 15 is 0 Å². The second kappa shape index (κ2) is 5.63. The Morgan fingerprint density at radius 3 is 2.65 bits per heavy atom. The minimum Gasteiger partial charge on any atom is -0.465 e. The largest absolute Gasteiger partial charge is 0.465 e. The van der Waals surface area contributed by atoms with Gasteiger partial charge in [0.1, 0.15) is 0 Å². The first-order chi connectivity index (χ1) is 9.51. The standard InChI is InChI=1S/C15H17NO3S/c1-5-16-10(3)13(15(18)19-4)11(14(16)17)8-12-9(2)6-7-20-12/h6-8H,5H2,1-4H3/b11-8-. The van der Waals surface area contributed by atoms with E-state index in [0.717, 1.165) is 10.4 Å². The number of carbonyl (C=O) groups excluding carboxylic acids is 2. The van der Waals surface area contributed by atoms with Gasteiger partial charge in [-0.25, -0.2) is 4.79 Å². The van der Waals surface area contributed by atoms with E-state index in [4.69, 9.17) is 4.74 Å². The number of hydrogen-bond donors (Lipinski definition) is 0. The first kappa shape index (κ1) is 14.5. The van der Waals surface area contributed by atoms with E-state index in [2.05, 4.69) is 0 Å². The zero-order chi connectivity index (χ0) is 14.9. The van der Waals surface area contributed by atoms with Crippen LogP contribution in [0.1, 0.15) is 24.3 Å². The van der Waals surface area contributed by atoms with Crippen molar-refractivity contribution in [3.05, 3.63) is 38.7 Å². The van der Waals surface area contributed by atoms with E-state index in [1.807, 2.05) is 25.3 Å². The maximum Gasteiger partial charge on any atom is 0.340 e. The third-order valence-corrected chi connectivity index (χ3v) is 4.36. The molecule has 0 saturated heterocycles. The molecule has 106 valence electrons. The van der Waals surface area contributed by atoms with Gasteiger partial charge in [-0.15, -0.1) is 11.3 Å². The molecule has 1 aliphatic rings. The Morgan fingerprint density at radius 2 is 2.15 bits per heavy atom. The van der Waals surface area contributed by atoms with E-state index in [1.54, 1.807) is 29.2 Å². The number of likely N-dealkylation sites (N-methyl/N-ethyl adjacent to an activating group) is 1. The first-order valence-corrected chi connectivity index (χ1v) is 7.26. The Hall–Kier alpha value is -1.88. The highest BCUT2D eigenvalue weighted by Crippen LogP contribution is 2.32. The van der Waals surface area contributed by atoms with Gasteiger partial charge in [-0.3, -0.25) is 4.79 Å². The number of nitrogens with zero attached hydrogens (tertiary/aromatic N) is 1. The van der Waals surface area contributed by atoms with Gasteiger partial charge in [-0.05, 0) is 43.9 Å². The van der Waals surface area contributed by atoms with Gasteiger partial charge in [0, 0.05) is 17.1 Å². The van der Waals surface area contributed by atoms with E-state index in [1.165, 1.54) is 7.11 Å². The summed E-state index contributed by atoms with van der Waals surface area (Å²) in [6.45, 7) is 6.17. The van der Waals surface area contributed by atoms with E-state index in [-0.39, 0.29) is 5.91 Å². The average molecular weight is 291 g/mol. The molecule has 0 spiro atoms. The van der Waals surface area contributed by atoms with Crippen molar-refractivity contribution in [2.24, 2.45) is 0 Å². The second-order valence-electron chi connectivity index (χ2n) is 4.53. The van der Waals surface area contributed by atoms with Gasteiger partial charge in [0.15, 0.2) is 0 Å². The highest BCUT2D eigenvalue weighted by atomic mass is 32.1. The van der Waals surface area contributed by atoms with Crippen molar-refractivity contribution in [1.29, 1.82) is 0 Å². The van der Waals surface area contributed by atoms with Crippen LogP contribution in [0.5, 0.6) is 0 Å². The van der Waals surface area contributed by atoms with Gasteiger partial charge in [0.2, 0.25) is 0 Å². The summed E-state index contributed by atoms with van der Waals surface area (Å²) in [6, 6.07) is 1.99. The van der Waals surface area contributed by atoms with Crippen molar-refractivity contribution in [2.75, 3.05) is 13.7 Å². The number of aryl methyl sites for hydroxylation is 1. The van der Waals surface area contributed by atoms with Crippen LogP contribution in [0.15, 0.2) is 28.3 Å². The van der Waals surface area contributed by atoms with Crippen molar-refractivity contribution < 1.29 is 14.3 Å². The van der Waals surface area contributed by atoms with Crippen molar-refractivity contribution >= 4 is 29.3 Å². The van der Waals surface area contributed by atoms with E-state index in [9.17, 15) is 9.59 Å². The van der Waals surface area contributed by atoms with Crippen molar-refractivity contribution in [2.45, 2.75) is 20.8 Å². The molecule has 0 aromatic carbocycles. The molecule has 0 bridgehead atoms. The van der Waals surface area contributed by atoms with Gasteiger partial charge in [0.05, 0.1) is 18.3 Å². The van der Waals surface area contributed by atoms with Gasteiger partial charge in [-0.1, -0.05) is 0 Å². The quantitative estimate of drug-likeness (QED) is 0.635. The molecule has 2 heterocycles. The Morgan fingerprint density at radius 1 is 1.45 bits per heavy atom. The van der Waals surface area contributed by atoms with Crippen LogP contribution in [0.4, 0.5) is 0 Å². The molecule has 0 aliphatic carbocycles. The van der Waals surface area contributed by atoms with Crippen LogP contribution in [-0.4, -0.2) is 30.4 Å². The number of rotatable bonds is 3. The molecule has 0 atom stereocenters. The molecule has 1 amide bonds. The predicted molar refractivity (Wildman–Crippen MR) is 79.1 cm³/mol. The van der Waals surface area contributed by atoms with Crippen LogP contribution < -0.4 is 0 Å². The molecule has 1 aliphatic heterocycles. The Bertz CT molecular complexity index is 625. The molecule has 0 unspecified atom stereocenters. The lowest BCUT2D eigenvalue weighted by Gasteiger charge is -2.14. The number of ether oxygens (including phenoxy) is 1. The molecule has 0 saturated carbocycles. The highest BCUT2D eigenvalue weighted by molar-refractivity contribution is 7.11. The highest BCUT2D eigenvalue weighted by Gasteiger charge is 2.36. The number of carbonyl (C=O) groups is 2. The number of amides is 1. The third kappa shape index (κ3) is 2.29. The Labute approximate surface area is 122 Å². The Balaban J connectivity index is 2.56. The summed E-state index contributed by atoms with van der Waals surface area (Å²) in [5.74, 6) is -0.606. The minimum atomic E-state index is -0.466. The lowest BCUT2D eigenvalue weighted by Crippen LogP contribution is -2.24. The molecule has 1 aromatic heterocycles. The zero-order valence-electron chi connectivity index (χ0n) is 12.0. The maximum atomic E-state index is 12.4. The molecule has 0 fully saturated rings. The smallest absolute Gasteiger partial charge is 0.340 e. The van der Waals surface area contributed by atoms with Crippen LogP contribution in [0.25, 0.3) is 6.08 Å². The zero-order valence-corrected chi connectivity index (χ0v) is 12.8. The number of thiophene rings is 1. The molecule has 0 radical (unpaired) electrons. The molecule has 20 heavy (non-hydrogen) atoms. The van der Waals surface area contributed by atoms with Crippen LogP contribution in [0.2, 0.25) is 0 Å². The van der Waals surface area contributed by atoms with Gasteiger partial charge in [-0.2, -0.15) is 0 Å². The lowest BCUT2D eigenvalue weighted by molar-refractivity contribution is -0.136. The molecule has 0 N–H and O–H groups in total. The summed E-state index contributed by atoms with van der Waals surface area (Å²) >= 11 is 1.55. The number of allylic oxidation sites excluding steroid dienone is 1. The average Bonchev–Trinajstić information content (AvgIpc) is 2.93. The number of esters is 1. The van der Waals surface area contributed by atoms with Crippen molar-refractivity contribution in [1.82, 2.24) is 4.90 Å². The fourth-order valence-electron chi connectivity index (χ4n) is 2.27. The topological polar surface area (TPSA) is 46.6 Å². The molecule has 1 aromatic rings. The van der Waals surface area contributed by atoms with Crippen molar-refractivity contribution in [3.8, 4) is 0 Å². The summed E-state index contributed by atoms with van der Waals surface area (Å²) in [6.07, 6.45) is 1.79. The summed E-state index contributed by atoms with van der Waals surface area (Å²) in [4.78, 5) is 27.0. The maximum absolute atomic E-state index is 12.4. The number of hydrogen-bond acceptors (Lipinski definition) is 4.